The minimum atomic E-state index is -0.572. The largest absolute Gasteiger partial charge is 0.340 e. The molecule has 2 rings (SSSR count). The fraction of sp³-hybridized carbons (Fsp3) is 0.143. The zero-order valence-electron chi connectivity index (χ0n) is 11.5. The molecule has 0 aliphatic carbocycles. The Labute approximate surface area is 126 Å². The van der Waals surface area contributed by atoms with Crippen molar-refractivity contribution in [2.75, 3.05) is 13.5 Å². The van der Waals surface area contributed by atoms with E-state index in [0.717, 1.165) is 6.20 Å². The van der Waals surface area contributed by atoms with Gasteiger partial charge in [0.2, 0.25) is 0 Å². The highest BCUT2D eigenvalue weighted by molar-refractivity contribution is 5.37. The van der Waals surface area contributed by atoms with Gasteiger partial charge in [0.25, 0.3) is 0 Å². The molecule has 2 heterocycles. The van der Waals surface area contributed by atoms with Gasteiger partial charge >= 0.3 is 0 Å². The van der Waals surface area contributed by atoms with Crippen LogP contribution in [0.1, 0.15) is 0 Å². The summed E-state index contributed by atoms with van der Waals surface area (Å²) in [5.41, 5.74) is 0.702. The molecule has 114 valence electrons. The van der Waals surface area contributed by atoms with Crippen LogP contribution >= 0.6 is 0 Å². The zero-order chi connectivity index (χ0) is 15.8. The lowest BCUT2D eigenvalue weighted by atomic mass is 10.2. The van der Waals surface area contributed by atoms with Gasteiger partial charge in [-0.15, -0.1) is 9.81 Å². The van der Waals surface area contributed by atoms with Crippen molar-refractivity contribution in [3.05, 3.63) is 82.2 Å². The van der Waals surface area contributed by atoms with Gasteiger partial charge in [0, 0.05) is 24.2 Å². The summed E-state index contributed by atoms with van der Waals surface area (Å²) in [6.45, 7) is 0.266. The topological polar surface area (TPSA) is 74.6 Å². The number of ether oxygens (including phenoxy) is 1. The smallest absolute Gasteiger partial charge is 0.148 e. The average molecular weight is 304 g/mol. The quantitative estimate of drug-likeness (QED) is 0.704. The maximum atomic E-state index is 13.6. The zero-order valence-corrected chi connectivity index (χ0v) is 11.5. The van der Waals surface area contributed by atoms with Crippen molar-refractivity contribution < 1.29 is 9.13 Å². The van der Waals surface area contributed by atoms with Gasteiger partial charge in [-0.25, -0.2) is 4.39 Å². The summed E-state index contributed by atoms with van der Waals surface area (Å²) in [7, 11) is 0. The van der Waals surface area contributed by atoms with Gasteiger partial charge in [0.1, 0.15) is 19.3 Å². The van der Waals surface area contributed by atoms with E-state index < -0.39 is 5.83 Å². The molecule has 0 saturated carbocycles. The first kappa shape index (κ1) is 15.5. The summed E-state index contributed by atoms with van der Waals surface area (Å²) in [5, 5.41) is 5.26. The number of allylic oxidation sites excluding steroid dienone is 6. The highest BCUT2D eigenvalue weighted by Gasteiger charge is 2.11. The summed E-state index contributed by atoms with van der Waals surface area (Å²) in [6.07, 6.45) is 13.3. The van der Waals surface area contributed by atoms with Gasteiger partial charge in [-0.05, 0) is 28.6 Å². The second-order valence-corrected chi connectivity index (χ2v) is 4.29. The number of nitrogens with zero attached hydrogens (tertiary/aromatic N) is 4. The van der Waals surface area contributed by atoms with Gasteiger partial charge in [0.05, 0.1) is 18.1 Å². The second kappa shape index (κ2) is 7.79. The maximum absolute atomic E-state index is 13.6. The van der Waals surface area contributed by atoms with E-state index in [1.54, 1.807) is 35.5 Å². The Balaban J connectivity index is 1.86. The summed E-state index contributed by atoms with van der Waals surface area (Å²) in [4.78, 5) is 23.5. The Morgan fingerprint density at radius 1 is 1.09 bits per heavy atom. The monoisotopic (exact) mass is 304 g/mol. The lowest BCUT2D eigenvalue weighted by Gasteiger charge is -2.25. The lowest BCUT2D eigenvalue weighted by Crippen LogP contribution is -2.25. The Morgan fingerprint density at radius 3 is 2.64 bits per heavy atom. The lowest BCUT2D eigenvalue weighted by molar-refractivity contribution is 0.0264. The predicted octanol–water partition coefficient (Wildman–Crippen LogP) is 3.20. The van der Waals surface area contributed by atoms with E-state index in [2.05, 4.69) is 10.4 Å². The van der Waals surface area contributed by atoms with Crippen LogP contribution in [-0.2, 0) is 4.74 Å². The summed E-state index contributed by atoms with van der Waals surface area (Å²) in [6, 6.07) is 0. The van der Waals surface area contributed by atoms with Crippen molar-refractivity contribution in [3.63, 3.8) is 0 Å². The summed E-state index contributed by atoms with van der Waals surface area (Å²) < 4.78 is 19.0. The molecule has 0 bridgehead atoms. The molecule has 2 aliphatic rings. The first-order valence-corrected chi connectivity index (χ1v) is 6.31. The molecule has 0 amide bonds. The van der Waals surface area contributed by atoms with Gasteiger partial charge in [-0.2, -0.15) is 0 Å². The number of hydrogen-bond acceptors (Lipinski definition) is 7. The van der Waals surface area contributed by atoms with E-state index in [1.165, 1.54) is 23.4 Å². The van der Waals surface area contributed by atoms with E-state index in [-0.39, 0.29) is 19.0 Å². The fourth-order valence-corrected chi connectivity index (χ4v) is 1.78. The van der Waals surface area contributed by atoms with Gasteiger partial charge in [-0.1, -0.05) is 6.08 Å². The van der Waals surface area contributed by atoms with Crippen LogP contribution in [0, 0.1) is 9.81 Å². The fourth-order valence-electron chi connectivity index (χ4n) is 1.78. The molecule has 0 aromatic carbocycles. The van der Waals surface area contributed by atoms with Crippen LogP contribution in [-0.4, -0.2) is 23.3 Å². The van der Waals surface area contributed by atoms with Gasteiger partial charge in [0.15, 0.2) is 0 Å². The molecule has 0 fully saturated rings. The van der Waals surface area contributed by atoms with Crippen molar-refractivity contribution in [1.29, 1.82) is 0 Å². The molecule has 0 N–H and O–H groups in total. The first-order valence-electron chi connectivity index (χ1n) is 6.31. The molecule has 0 aromatic heterocycles. The number of nitroso groups, excluding NO2 is 2. The third-order valence-electron chi connectivity index (χ3n) is 2.82. The first-order chi connectivity index (χ1) is 10.7. The highest BCUT2D eigenvalue weighted by atomic mass is 19.1. The van der Waals surface area contributed by atoms with Crippen LogP contribution < -0.4 is 0 Å². The van der Waals surface area contributed by atoms with Crippen molar-refractivity contribution in [2.24, 2.45) is 10.4 Å². The molecule has 2 aliphatic heterocycles. The number of halogens is 1. The standard InChI is InChI=1S/C14H13FN4O3/c15-14-9-18(6-4-12(14)7-16-20)10-22-11-19-5-2-1-3-13(19)8-17-21/h1-9H,10-11H2/b12-7+,13-8+. The average Bonchev–Trinajstić information content (AvgIpc) is 2.52. The minimum absolute atomic E-state index is 0.0988. The normalized spacial score (nSPS) is 20.7. The molecular weight excluding hydrogens is 291 g/mol. The van der Waals surface area contributed by atoms with Gasteiger partial charge in [-0.3, -0.25) is 0 Å². The molecule has 22 heavy (non-hydrogen) atoms. The number of rotatable bonds is 6. The van der Waals surface area contributed by atoms with E-state index in [0.29, 0.717) is 5.70 Å². The molecule has 7 nitrogen and oxygen atoms in total. The van der Waals surface area contributed by atoms with Crippen molar-refractivity contribution in [2.45, 2.75) is 0 Å². The molecule has 0 atom stereocenters. The maximum Gasteiger partial charge on any atom is 0.148 e. The third kappa shape index (κ3) is 4.06. The van der Waals surface area contributed by atoms with Crippen molar-refractivity contribution >= 4 is 0 Å². The van der Waals surface area contributed by atoms with Crippen LogP contribution in [0.25, 0.3) is 0 Å². The number of hydrogen-bond donors (Lipinski definition) is 0. The molecule has 8 heteroatoms. The Bertz CT molecular complexity index is 620. The summed E-state index contributed by atoms with van der Waals surface area (Å²) >= 11 is 0. The molecule has 0 radical (unpaired) electrons. The van der Waals surface area contributed by atoms with Gasteiger partial charge < -0.3 is 14.5 Å². The molecule has 0 spiro atoms. The van der Waals surface area contributed by atoms with Crippen LogP contribution in [0.4, 0.5) is 4.39 Å². The minimum Gasteiger partial charge on any atom is -0.340 e. The molecular formula is C14H13FN4O3. The molecule has 0 unspecified atom stereocenters. The van der Waals surface area contributed by atoms with Crippen LogP contribution in [0.3, 0.4) is 0 Å². The predicted molar refractivity (Wildman–Crippen MR) is 78.9 cm³/mol. The van der Waals surface area contributed by atoms with E-state index in [1.807, 2.05) is 0 Å². The van der Waals surface area contributed by atoms with E-state index in [9.17, 15) is 14.2 Å². The van der Waals surface area contributed by atoms with E-state index >= 15 is 0 Å². The third-order valence-corrected chi connectivity index (χ3v) is 2.82. The summed E-state index contributed by atoms with van der Waals surface area (Å²) in [5.74, 6) is -0.572. The second-order valence-electron chi connectivity index (χ2n) is 4.29. The SMILES string of the molecule is O=N/C=C1\C=CN(COCN2C=CC=C/C2=C\N=O)C=C1F. The highest BCUT2D eigenvalue weighted by Crippen LogP contribution is 2.20. The Kier molecular flexibility index (Phi) is 5.50. The van der Waals surface area contributed by atoms with Crippen molar-refractivity contribution in [3.8, 4) is 0 Å². The van der Waals surface area contributed by atoms with Crippen LogP contribution in [0.15, 0.2) is 82.8 Å². The Morgan fingerprint density at radius 2 is 1.91 bits per heavy atom. The van der Waals surface area contributed by atoms with E-state index in [4.69, 9.17) is 4.74 Å². The van der Waals surface area contributed by atoms with Crippen molar-refractivity contribution in [1.82, 2.24) is 9.80 Å². The van der Waals surface area contributed by atoms with Crippen LogP contribution in [0.5, 0.6) is 0 Å². The Hall–Kier alpha value is -2.87. The van der Waals surface area contributed by atoms with Crippen LogP contribution in [0.2, 0.25) is 0 Å². The molecule has 0 aromatic rings. The molecule has 0 saturated heterocycles.